The van der Waals surface area contributed by atoms with Crippen molar-refractivity contribution < 1.29 is 8.91 Å². The number of rotatable bonds is 0. The van der Waals surface area contributed by atoms with Crippen molar-refractivity contribution in [3.63, 3.8) is 0 Å². The molecule has 1 aromatic carbocycles. The molecule has 11 heavy (non-hydrogen) atoms. The molecule has 0 aliphatic rings. The van der Waals surface area contributed by atoms with Crippen LogP contribution in [0.15, 0.2) is 22.9 Å². The van der Waals surface area contributed by atoms with E-state index in [1.54, 1.807) is 6.07 Å². The van der Waals surface area contributed by atoms with Crippen LogP contribution >= 0.6 is 11.6 Å². The van der Waals surface area contributed by atoms with Crippen molar-refractivity contribution in [2.45, 2.75) is 0 Å². The molecule has 2 rings (SSSR count). The third-order valence-electron chi connectivity index (χ3n) is 1.42. The molecule has 0 N–H and O–H groups in total. The van der Waals surface area contributed by atoms with Crippen LogP contribution in [0.5, 0.6) is 0 Å². The lowest BCUT2D eigenvalue weighted by atomic mass is 10.3. The minimum Gasteiger partial charge on any atom is -0.353 e. The Morgan fingerprint density at radius 2 is 2.27 bits per heavy atom. The third-order valence-corrected chi connectivity index (χ3v) is 1.71. The van der Waals surface area contributed by atoms with Gasteiger partial charge in [-0.1, -0.05) is 16.8 Å². The molecular weight excluding hydrogens is 169 g/mol. The average Bonchev–Trinajstić information content (AvgIpc) is 2.45. The summed E-state index contributed by atoms with van der Waals surface area (Å²) in [7, 11) is 0. The summed E-state index contributed by atoms with van der Waals surface area (Å²) < 4.78 is 17.6. The van der Waals surface area contributed by atoms with Gasteiger partial charge in [0.2, 0.25) is 5.58 Å². The summed E-state index contributed by atoms with van der Waals surface area (Å²) in [6, 6.07) is 3.12. The molecule has 2 aromatic rings. The van der Waals surface area contributed by atoms with Gasteiger partial charge >= 0.3 is 0 Å². The molecule has 0 bridgehead atoms. The Hall–Kier alpha value is -1.09. The Balaban J connectivity index is 2.93. The van der Waals surface area contributed by atoms with Crippen LogP contribution in [0, 0.1) is 5.82 Å². The molecule has 0 saturated heterocycles. The Bertz CT molecular complexity index is 398. The van der Waals surface area contributed by atoms with Gasteiger partial charge in [0.1, 0.15) is 0 Å². The largest absolute Gasteiger partial charge is 0.353 e. The molecule has 0 atom stereocenters. The quantitative estimate of drug-likeness (QED) is 0.609. The lowest BCUT2D eigenvalue weighted by Gasteiger charge is -1.90. The number of aromatic nitrogens is 1. The van der Waals surface area contributed by atoms with E-state index in [1.165, 1.54) is 12.3 Å². The standard InChI is InChI=1S/C7H3ClFNO/c8-5-2-1-4-3-10-11-7(4)6(5)9/h1-3H. The van der Waals surface area contributed by atoms with Gasteiger partial charge in [0.25, 0.3) is 0 Å². The molecule has 0 amide bonds. The summed E-state index contributed by atoms with van der Waals surface area (Å²) in [6.07, 6.45) is 1.44. The van der Waals surface area contributed by atoms with E-state index in [4.69, 9.17) is 11.6 Å². The third kappa shape index (κ3) is 0.886. The van der Waals surface area contributed by atoms with Crippen LogP contribution in [0.3, 0.4) is 0 Å². The lowest BCUT2D eigenvalue weighted by Crippen LogP contribution is -1.75. The van der Waals surface area contributed by atoms with Crippen LogP contribution in [0.1, 0.15) is 0 Å². The Morgan fingerprint density at radius 1 is 1.45 bits per heavy atom. The maximum Gasteiger partial charge on any atom is 0.203 e. The minimum atomic E-state index is -0.554. The van der Waals surface area contributed by atoms with E-state index in [-0.39, 0.29) is 10.6 Å². The first-order valence-corrected chi connectivity index (χ1v) is 3.35. The smallest absolute Gasteiger partial charge is 0.203 e. The maximum atomic E-state index is 13.0. The second-order valence-corrected chi connectivity index (χ2v) is 2.51. The summed E-state index contributed by atoms with van der Waals surface area (Å²) >= 11 is 5.48. The normalized spacial score (nSPS) is 10.7. The van der Waals surface area contributed by atoms with Gasteiger partial charge in [0.15, 0.2) is 5.82 Å². The molecule has 0 aliphatic heterocycles. The molecule has 56 valence electrons. The van der Waals surface area contributed by atoms with Crippen molar-refractivity contribution >= 4 is 22.6 Å². The maximum absolute atomic E-state index is 13.0. The highest BCUT2D eigenvalue weighted by Gasteiger charge is 2.08. The van der Waals surface area contributed by atoms with Gasteiger partial charge in [-0.05, 0) is 12.1 Å². The molecule has 0 spiro atoms. The summed E-state index contributed by atoms with van der Waals surface area (Å²) in [5.41, 5.74) is 0.109. The number of fused-ring (bicyclic) bond motifs is 1. The van der Waals surface area contributed by atoms with Crippen molar-refractivity contribution in [2.24, 2.45) is 0 Å². The summed E-state index contributed by atoms with van der Waals surface area (Å²) in [5.74, 6) is -0.554. The number of halogens is 2. The highest BCUT2D eigenvalue weighted by atomic mass is 35.5. The first kappa shape index (κ1) is 6.61. The number of nitrogens with zero attached hydrogens (tertiary/aromatic N) is 1. The molecule has 0 saturated carbocycles. The van der Waals surface area contributed by atoms with E-state index in [1.807, 2.05) is 0 Å². The summed E-state index contributed by atoms with van der Waals surface area (Å²) in [6.45, 7) is 0. The van der Waals surface area contributed by atoms with E-state index in [0.717, 1.165) is 0 Å². The van der Waals surface area contributed by atoms with Gasteiger partial charge in [-0.25, -0.2) is 4.39 Å². The zero-order chi connectivity index (χ0) is 7.84. The van der Waals surface area contributed by atoms with Crippen LogP contribution in [-0.2, 0) is 0 Å². The molecule has 1 heterocycles. The highest BCUT2D eigenvalue weighted by Crippen LogP contribution is 2.23. The fourth-order valence-electron chi connectivity index (χ4n) is 0.877. The summed E-state index contributed by atoms with van der Waals surface area (Å²) in [4.78, 5) is 0. The van der Waals surface area contributed by atoms with Gasteiger partial charge in [-0.3, -0.25) is 0 Å². The van der Waals surface area contributed by atoms with E-state index < -0.39 is 5.82 Å². The van der Waals surface area contributed by atoms with Crippen molar-refractivity contribution in [3.8, 4) is 0 Å². The van der Waals surface area contributed by atoms with Gasteiger partial charge in [0, 0.05) is 5.39 Å². The number of benzene rings is 1. The van der Waals surface area contributed by atoms with Crippen molar-refractivity contribution in [2.75, 3.05) is 0 Å². The second kappa shape index (κ2) is 2.20. The monoisotopic (exact) mass is 171 g/mol. The molecule has 0 fully saturated rings. The predicted octanol–water partition coefficient (Wildman–Crippen LogP) is 2.62. The molecule has 0 radical (unpaired) electrons. The topological polar surface area (TPSA) is 26.0 Å². The molecule has 1 aromatic heterocycles. The van der Waals surface area contributed by atoms with Crippen LogP contribution in [-0.4, -0.2) is 5.16 Å². The van der Waals surface area contributed by atoms with Crippen LogP contribution in [0.2, 0.25) is 5.02 Å². The number of hydrogen-bond acceptors (Lipinski definition) is 2. The lowest BCUT2D eigenvalue weighted by molar-refractivity contribution is 0.440. The zero-order valence-electron chi connectivity index (χ0n) is 5.34. The Kier molecular flexibility index (Phi) is 1.32. The van der Waals surface area contributed by atoms with Crippen LogP contribution in [0.25, 0.3) is 11.0 Å². The van der Waals surface area contributed by atoms with Crippen molar-refractivity contribution in [3.05, 3.63) is 29.2 Å². The van der Waals surface area contributed by atoms with E-state index in [9.17, 15) is 4.39 Å². The van der Waals surface area contributed by atoms with Gasteiger partial charge in [-0.2, -0.15) is 0 Å². The highest BCUT2D eigenvalue weighted by molar-refractivity contribution is 6.31. The van der Waals surface area contributed by atoms with E-state index in [2.05, 4.69) is 9.68 Å². The average molecular weight is 172 g/mol. The predicted molar refractivity (Wildman–Crippen MR) is 39.0 cm³/mol. The fraction of sp³-hybridized carbons (Fsp3) is 0. The second-order valence-electron chi connectivity index (χ2n) is 2.11. The SMILES string of the molecule is Fc1c(Cl)ccc2cnoc12. The zero-order valence-corrected chi connectivity index (χ0v) is 6.10. The van der Waals surface area contributed by atoms with Gasteiger partial charge in [0.05, 0.1) is 11.2 Å². The van der Waals surface area contributed by atoms with E-state index >= 15 is 0 Å². The minimum absolute atomic E-state index is 0.0502. The van der Waals surface area contributed by atoms with Crippen LogP contribution in [0.4, 0.5) is 4.39 Å². The van der Waals surface area contributed by atoms with Crippen molar-refractivity contribution in [1.82, 2.24) is 5.16 Å². The molecule has 4 heteroatoms. The molecule has 0 aliphatic carbocycles. The Morgan fingerprint density at radius 3 is 3.09 bits per heavy atom. The summed E-state index contributed by atoms with van der Waals surface area (Å²) in [5, 5.41) is 4.10. The molecule has 2 nitrogen and oxygen atoms in total. The van der Waals surface area contributed by atoms with Crippen molar-refractivity contribution in [1.29, 1.82) is 0 Å². The number of hydrogen-bond donors (Lipinski definition) is 0. The van der Waals surface area contributed by atoms with E-state index in [0.29, 0.717) is 5.39 Å². The first-order valence-electron chi connectivity index (χ1n) is 2.97. The fourth-order valence-corrected chi connectivity index (χ4v) is 1.03. The molecular formula is C7H3ClFNO. The first-order chi connectivity index (χ1) is 5.29. The molecule has 0 unspecified atom stereocenters. The Labute approximate surface area is 66.5 Å². The van der Waals surface area contributed by atoms with Gasteiger partial charge < -0.3 is 4.52 Å². The van der Waals surface area contributed by atoms with Crippen LogP contribution < -0.4 is 0 Å². The van der Waals surface area contributed by atoms with Gasteiger partial charge in [-0.15, -0.1) is 0 Å².